The summed E-state index contributed by atoms with van der Waals surface area (Å²) in [5, 5.41) is 11.9. The zero-order chi connectivity index (χ0) is 16.4. The summed E-state index contributed by atoms with van der Waals surface area (Å²) in [6.45, 7) is 7.44. The number of carbonyl (C=O) groups excluding carboxylic acids is 1. The van der Waals surface area contributed by atoms with E-state index in [1.807, 2.05) is 30.7 Å². The number of aromatic nitrogens is 2. The van der Waals surface area contributed by atoms with Crippen LogP contribution in [0, 0.1) is 12.8 Å². The molecular weight excluding hydrogens is 292 g/mol. The van der Waals surface area contributed by atoms with Crippen molar-refractivity contribution in [2.24, 2.45) is 5.92 Å². The number of fused-ring (bicyclic) bond motifs is 1. The molecule has 6 heteroatoms. The van der Waals surface area contributed by atoms with E-state index in [0.717, 1.165) is 36.1 Å². The van der Waals surface area contributed by atoms with Gasteiger partial charge in [-0.05, 0) is 31.5 Å². The number of amides is 1. The number of hydrogen-bond donors (Lipinski definition) is 2. The normalized spacial score (nSPS) is 16.3. The Labute approximate surface area is 136 Å². The van der Waals surface area contributed by atoms with Crippen LogP contribution in [-0.2, 0) is 11.3 Å². The first kappa shape index (κ1) is 16.0. The van der Waals surface area contributed by atoms with Crippen LogP contribution in [0.1, 0.15) is 22.8 Å². The van der Waals surface area contributed by atoms with Crippen LogP contribution in [0.2, 0.25) is 0 Å². The van der Waals surface area contributed by atoms with Crippen molar-refractivity contribution in [3.05, 3.63) is 29.5 Å². The van der Waals surface area contributed by atoms with Gasteiger partial charge in [0.2, 0.25) is 0 Å². The van der Waals surface area contributed by atoms with Gasteiger partial charge in [0.1, 0.15) is 0 Å². The predicted molar refractivity (Wildman–Crippen MR) is 89.6 cm³/mol. The lowest BCUT2D eigenvalue weighted by Crippen LogP contribution is -2.44. The summed E-state index contributed by atoms with van der Waals surface area (Å²) in [6.07, 6.45) is 2.05. The van der Waals surface area contributed by atoms with Crippen molar-refractivity contribution < 1.29 is 9.53 Å². The highest BCUT2D eigenvalue weighted by Gasteiger charge is 2.19. The van der Waals surface area contributed by atoms with Crippen LogP contribution < -0.4 is 10.6 Å². The number of ether oxygens (including phenoxy) is 1. The quantitative estimate of drug-likeness (QED) is 0.844. The average Bonchev–Trinajstić information content (AvgIpc) is 2.92. The standard InChI is InChI=1S/C17H24N4O2/c1-11(23-3)6-19-17(22)14-4-5-16-15(12(14)2)10-21(20-16)9-13-7-18-8-13/h4-5,10-11,13,18H,6-9H2,1-3H3,(H,19,22). The first-order chi connectivity index (χ1) is 11.1. The molecule has 1 saturated heterocycles. The van der Waals surface area contributed by atoms with Gasteiger partial charge in [-0.25, -0.2) is 0 Å². The molecule has 1 atom stereocenters. The topological polar surface area (TPSA) is 68.2 Å². The van der Waals surface area contributed by atoms with Crippen molar-refractivity contribution in [2.75, 3.05) is 26.7 Å². The third kappa shape index (κ3) is 3.38. The monoisotopic (exact) mass is 316 g/mol. The Balaban J connectivity index is 1.78. The second kappa shape index (κ2) is 6.68. The van der Waals surface area contributed by atoms with Gasteiger partial charge in [-0.3, -0.25) is 9.48 Å². The van der Waals surface area contributed by atoms with E-state index in [-0.39, 0.29) is 12.0 Å². The van der Waals surface area contributed by atoms with Crippen LogP contribution >= 0.6 is 0 Å². The van der Waals surface area contributed by atoms with Crippen molar-refractivity contribution >= 4 is 16.8 Å². The number of nitrogens with one attached hydrogen (secondary N) is 2. The van der Waals surface area contributed by atoms with E-state index in [0.29, 0.717) is 18.0 Å². The van der Waals surface area contributed by atoms with Crippen molar-refractivity contribution in [1.82, 2.24) is 20.4 Å². The maximum atomic E-state index is 12.4. The summed E-state index contributed by atoms with van der Waals surface area (Å²) in [7, 11) is 1.64. The summed E-state index contributed by atoms with van der Waals surface area (Å²) in [6, 6.07) is 3.78. The number of nitrogens with zero attached hydrogens (tertiary/aromatic N) is 2. The van der Waals surface area contributed by atoms with Gasteiger partial charge < -0.3 is 15.4 Å². The molecule has 2 heterocycles. The summed E-state index contributed by atoms with van der Waals surface area (Å²) < 4.78 is 7.16. The molecule has 6 nitrogen and oxygen atoms in total. The number of rotatable bonds is 6. The molecule has 0 saturated carbocycles. The third-order valence-electron chi connectivity index (χ3n) is 4.51. The molecule has 1 amide bonds. The Morgan fingerprint density at radius 3 is 2.96 bits per heavy atom. The predicted octanol–water partition coefficient (Wildman–Crippen LogP) is 1.33. The van der Waals surface area contributed by atoms with E-state index < -0.39 is 0 Å². The van der Waals surface area contributed by atoms with Gasteiger partial charge in [0.05, 0.1) is 11.6 Å². The van der Waals surface area contributed by atoms with Gasteiger partial charge in [0, 0.05) is 56.4 Å². The molecular formula is C17H24N4O2. The first-order valence-corrected chi connectivity index (χ1v) is 8.07. The lowest BCUT2D eigenvalue weighted by Gasteiger charge is -2.26. The second-order valence-corrected chi connectivity index (χ2v) is 6.30. The molecule has 1 fully saturated rings. The van der Waals surface area contributed by atoms with Crippen molar-refractivity contribution in [2.45, 2.75) is 26.5 Å². The van der Waals surface area contributed by atoms with Crippen LogP contribution in [0.3, 0.4) is 0 Å². The molecule has 23 heavy (non-hydrogen) atoms. The first-order valence-electron chi connectivity index (χ1n) is 8.07. The highest BCUT2D eigenvalue weighted by Crippen LogP contribution is 2.22. The van der Waals surface area contributed by atoms with Crippen LogP contribution in [0.4, 0.5) is 0 Å². The van der Waals surface area contributed by atoms with E-state index in [9.17, 15) is 4.79 Å². The SMILES string of the molecule is COC(C)CNC(=O)c1ccc2nn(CC3CNC3)cc2c1C. The summed E-state index contributed by atoms with van der Waals surface area (Å²) in [5.74, 6) is 0.590. The number of carbonyl (C=O) groups is 1. The maximum Gasteiger partial charge on any atom is 0.251 e. The third-order valence-corrected chi connectivity index (χ3v) is 4.51. The fraction of sp³-hybridized carbons (Fsp3) is 0.529. The number of aryl methyl sites for hydroxylation is 1. The van der Waals surface area contributed by atoms with Gasteiger partial charge >= 0.3 is 0 Å². The molecule has 1 aliphatic heterocycles. The van der Waals surface area contributed by atoms with Crippen molar-refractivity contribution in [3.63, 3.8) is 0 Å². The Morgan fingerprint density at radius 2 is 2.30 bits per heavy atom. The largest absolute Gasteiger partial charge is 0.380 e. The minimum atomic E-state index is -0.0655. The summed E-state index contributed by atoms with van der Waals surface area (Å²) in [5.41, 5.74) is 2.62. The Bertz CT molecular complexity index is 706. The molecule has 1 unspecified atom stereocenters. The lowest BCUT2D eigenvalue weighted by molar-refractivity contribution is 0.0870. The average molecular weight is 316 g/mol. The van der Waals surface area contributed by atoms with Crippen LogP contribution in [-0.4, -0.2) is 48.5 Å². The molecule has 1 aromatic carbocycles. The van der Waals surface area contributed by atoms with E-state index in [1.54, 1.807) is 7.11 Å². The zero-order valence-electron chi connectivity index (χ0n) is 13.9. The van der Waals surface area contributed by atoms with Gasteiger partial charge in [-0.2, -0.15) is 5.10 Å². The van der Waals surface area contributed by atoms with E-state index in [4.69, 9.17) is 4.74 Å². The van der Waals surface area contributed by atoms with Gasteiger partial charge in [0.15, 0.2) is 0 Å². The molecule has 1 aromatic heterocycles. The molecule has 2 aromatic rings. The minimum Gasteiger partial charge on any atom is -0.380 e. The van der Waals surface area contributed by atoms with E-state index in [1.165, 1.54) is 0 Å². The number of methoxy groups -OCH3 is 1. The molecule has 0 bridgehead atoms. The number of benzene rings is 1. The molecule has 3 rings (SSSR count). The fourth-order valence-corrected chi connectivity index (χ4v) is 2.78. The molecule has 0 radical (unpaired) electrons. The molecule has 0 aliphatic carbocycles. The number of hydrogen-bond acceptors (Lipinski definition) is 4. The second-order valence-electron chi connectivity index (χ2n) is 6.30. The van der Waals surface area contributed by atoms with Gasteiger partial charge in [0.25, 0.3) is 5.91 Å². The summed E-state index contributed by atoms with van der Waals surface area (Å²) in [4.78, 5) is 12.4. The Hall–Kier alpha value is -1.92. The van der Waals surface area contributed by atoms with Crippen LogP contribution in [0.25, 0.3) is 10.9 Å². The lowest BCUT2D eigenvalue weighted by atomic mass is 10.0. The highest BCUT2D eigenvalue weighted by atomic mass is 16.5. The smallest absolute Gasteiger partial charge is 0.251 e. The van der Waals surface area contributed by atoms with Crippen molar-refractivity contribution in [3.8, 4) is 0 Å². The molecule has 2 N–H and O–H groups in total. The zero-order valence-corrected chi connectivity index (χ0v) is 13.9. The van der Waals surface area contributed by atoms with Gasteiger partial charge in [-0.15, -0.1) is 0 Å². The van der Waals surface area contributed by atoms with E-state index >= 15 is 0 Å². The molecule has 124 valence electrons. The van der Waals surface area contributed by atoms with E-state index in [2.05, 4.69) is 21.9 Å². The molecule has 0 spiro atoms. The summed E-state index contributed by atoms with van der Waals surface area (Å²) >= 11 is 0. The molecule has 1 aliphatic rings. The van der Waals surface area contributed by atoms with Crippen molar-refractivity contribution in [1.29, 1.82) is 0 Å². The van der Waals surface area contributed by atoms with Crippen LogP contribution in [0.15, 0.2) is 18.3 Å². The Morgan fingerprint density at radius 1 is 1.52 bits per heavy atom. The Kier molecular flexibility index (Phi) is 4.63. The minimum absolute atomic E-state index is 0.00169. The highest BCUT2D eigenvalue weighted by molar-refractivity contribution is 6.00. The van der Waals surface area contributed by atoms with Crippen LogP contribution in [0.5, 0.6) is 0 Å². The van der Waals surface area contributed by atoms with Gasteiger partial charge in [-0.1, -0.05) is 0 Å². The maximum absolute atomic E-state index is 12.4. The fourth-order valence-electron chi connectivity index (χ4n) is 2.78.